The van der Waals surface area contributed by atoms with Crippen LogP contribution in [0.2, 0.25) is 5.82 Å². The van der Waals surface area contributed by atoms with Gasteiger partial charge in [0.1, 0.15) is 0 Å². The van der Waals surface area contributed by atoms with E-state index in [1.165, 1.54) is 0 Å². The minimum atomic E-state index is -1.04. The van der Waals surface area contributed by atoms with Crippen molar-refractivity contribution in [1.82, 2.24) is 0 Å². The smallest absolute Gasteiger partial charge is 0.427 e. The van der Waals surface area contributed by atoms with Gasteiger partial charge in [-0.05, 0) is 5.82 Å². The van der Waals surface area contributed by atoms with Gasteiger partial charge in [-0.2, -0.15) is 0 Å². The zero-order chi connectivity index (χ0) is 7.28. The van der Waals surface area contributed by atoms with E-state index >= 15 is 0 Å². The third kappa shape index (κ3) is 6.45. The van der Waals surface area contributed by atoms with Gasteiger partial charge >= 0.3 is 7.12 Å². The van der Waals surface area contributed by atoms with Gasteiger partial charge in [-0.15, -0.1) is 23.2 Å². The van der Waals surface area contributed by atoms with Gasteiger partial charge in [0, 0.05) is 0 Å². The molecular weight excluding hydrogens is 162 g/mol. The summed E-state index contributed by atoms with van der Waals surface area (Å²) in [5, 5.41) is 16.7. The van der Waals surface area contributed by atoms with E-state index in [2.05, 4.69) is 0 Å². The Morgan fingerprint density at radius 3 is 1.67 bits per heavy atom. The van der Waals surface area contributed by atoms with E-state index in [1.807, 2.05) is 0 Å². The number of hydrogen-bond acceptors (Lipinski definition) is 2. The van der Waals surface area contributed by atoms with Crippen molar-refractivity contribution in [3.63, 3.8) is 0 Å². The van der Waals surface area contributed by atoms with E-state index in [0.29, 0.717) is 0 Å². The molecule has 1 rings (SSSR count). The second-order valence-corrected chi connectivity index (χ2v) is 2.66. The van der Waals surface area contributed by atoms with E-state index in [-0.39, 0.29) is 11.2 Å². The van der Waals surface area contributed by atoms with E-state index in [1.54, 1.807) is 0 Å². The van der Waals surface area contributed by atoms with Crippen LogP contribution in [0.1, 0.15) is 12.8 Å². The van der Waals surface area contributed by atoms with Gasteiger partial charge < -0.3 is 10.0 Å². The molecule has 0 aromatic heterocycles. The molecule has 1 saturated carbocycles. The van der Waals surface area contributed by atoms with E-state index < -0.39 is 7.12 Å². The van der Waals surface area contributed by atoms with Crippen LogP contribution in [0.25, 0.3) is 0 Å². The van der Waals surface area contributed by atoms with Gasteiger partial charge in [-0.3, -0.25) is 0 Å². The Morgan fingerprint density at radius 1 is 1.33 bits per heavy atom. The van der Waals surface area contributed by atoms with Crippen molar-refractivity contribution in [2.45, 2.75) is 18.7 Å². The molecule has 1 fully saturated rings. The molecule has 54 valence electrons. The lowest BCUT2D eigenvalue weighted by Crippen LogP contribution is -2.09. The molecule has 2 N–H and O–H groups in total. The second-order valence-electron chi connectivity index (χ2n) is 1.85. The van der Waals surface area contributed by atoms with Crippen molar-refractivity contribution in [1.29, 1.82) is 0 Å². The van der Waals surface area contributed by atoms with Gasteiger partial charge in [0.25, 0.3) is 0 Å². The number of alkyl halides is 2. The van der Waals surface area contributed by atoms with Crippen LogP contribution in [0.4, 0.5) is 0 Å². The van der Waals surface area contributed by atoms with E-state index in [4.69, 9.17) is 33.2 Å². The molecule has 1 aliphatic carbocycles. The summed E-state index contributed by atoms with van der Waals surface area (Å²) in [6, 6.07) is 0. The normalized spacial score (nSPS) is 16.0. The van der Waals surface area contributed by atoms with Gasteiger partial charge in [-0.25, -0.2) is 0 Å². The summed E-state index contributed by atoms with van der Waals surface area (Å²) in [5.74, 6) is 0.213. The molecule has 0 atom stereocenters. The quantitative estimate of drug-likeness (QED) is 0.457. The Morgan fingerprint density at radius 2 is 1.67 bits per heavy atom. The summed E-state index contributed by atoms with van der Waals surface area (Å²) in [7, 11) is -1.04. The summed E-state index contributed by atoms with van der Waals surface area (Å²) in [4.78, 5) is 0. The van der Waals surface area contributed by atoms with Crippen LogP contribution >= 0.6 is 23.2 Å². The molecule has 2 nitrogen and oxygen atoms in total. The second kappa shape index (κ2) is 5.36. The molecule has 0 aromatic rings. The Kier molecular flexibility index (Phi) is 5.69. The topological polar surface area (TPSA) is 40.5 Å². The Labute approximate surface area is 64.9 Å². The van der Waals surface area contributed by atoms with Gasteiger partial charge in [-0.1, -0.05) is 12.8 Å². The third-order valence-electron chi connectivity index (χ3n) is 1.04. The SMILES string of the molecule is ClCCl.OB(O)C1CC1. The molecule has 0 unspecified atom stereocenters. The van der Waals surface area contributed by atoms with Crippen molar-refractivity contribution in [3.8, 4) is 0 Å². The highest BCUT2D eigenvalue weighted by atomic mass is 35.5. The van der Waals surface area contributed by atoms with Gasteiger partial charge in [0.15, 0.2) is 0 Å². The molecular formula is C4H9BCl2O2. The first kappa shape index (κ1) is 9.56. The minimum absolute atomic E-state index is 0.194. The fourth-order valence-electron chi connectivity index (χ4n) is 0.394. The molecule has 1 aliphatic rings. The molecule has 0 aromatic carbocycles. The predicted molar refractivity (Wildman–Crippen MR) is 39.7 cm³/mol. The van der Waals surface area contributed by atoms with Crippen LogP contribution < -0.4 is 0 Å². The van der Waals surface area contributed by atoms with Crippen LogP contribution in [0.3, 0.4) is 0 Å². The lowest BCUT2D eigenvalue weighted by molar-refractivity contribution is 0.403. The maximum absolute atomic E-state index is 8.25. The van der Waals surface area contributed by atoms with Gasteiger partial charge in [0.2, 0.25) is 0 Å². The third-order valence-corrected chi connectivity index (χ3v) is 1.04. The summed E-state index contributed by atoms with van der Waals surface area (Å²) >= 11 is 9.53. The van der Waals surface area contributed by atoms with E-state index in [0.717, 1.165) is 12.8 Å². The first-order valence-corrected chi connectivity index (χ1v) is 3.77. The Bertz CT molecular complexity index is 67.6. The standard InChI is InChI=1S/C3H7BO2.CH2Cl2/c5-4(6)3-1-2-3;2-1-3/h3,5-6H,1-2H2;1H2. The monoisotopic (exact) mass is 170 g/mol. The number of rotatable bonds is 1. The summed E-state index contributed by atoms with van der Waals surface area (Å²) in [6.07, 6.45) is 2.00. The summed E-state index contributed by atoms with van der Waals surface area (Å²) < 4.78 is 0. The molecule has 0 aliphatic heterocycles. The van der Waals surface area contributed by atoms with E-state index in [9.17, 15) is 0 Å². The Balaban J connectivity index is 0.000000187. The molecule has 0 radical (unpaired) electrons. The first-order valence-electron chi connectivity index (χ1n) is 2.70. The minimum Gasteiger partial charge on any atom is -0.427 e. The number of halogens is 2. The largest absolute Gasteiger partial charge is 0.454 e. The van der Waals surface area contributed by atoms with Crippen LogP contribution in [0.5, 0.6) is 0 Å². The molecule has 0 spiro atoms. The fraction of sp³-hybridized carbons (Fsp3) is 1.00. The zero-order valence-corrected chi connectivity index (χ0v) is 6.44. The zero-order valence-electron chi connectivity index (χ0n) is 4.93. The highest BCUT2D eigenvalue weighted by Crippen LogP contribution is 2.36. The highest BCUT2D eigenvalue weighted by molar-refractivity contribution is 6.44. The van der Waals surface area contributed by atoms with Crippen LogP contribution in [0, 0.1) is 0 Å². The molecule has 5 heteroatoms. The lowest BCUT2D eigenvalue weighted by atomic mass is 9.84. The average molecular weight is 171 g/mol. The predicted octanol–water partition coefficient (Wildman–Crippen LogP) is 1.04. The highest BCUT2D eigenvalue weighted by Gasteiger charge is 2.33. The maximum atomic E-state index is 8.25. The molecule has 0 bridgehead atoms. The summed E-state index contributed by atoms with van der Waals surface area (Å²) in [5.41, 5.74) is 0. The van der Waals surface area contributed by atoms with Crippen molar-refractivity contribution < 1.29 is 10.0 Å². The average Bonchev–Trinajstić information content (AvgIpc) is 2.44. The maximum Gasteiger partial charge on any atom is 0.454 e. The first-order chi connectivity index (χ1) is 4.22. The van der Waals surface area contributed by atoms with Crippen molar-refractivity contribution in [3.05, 3.63) is 0 Å². The van der Waals surface area contributed by atoms with Gasteiger partial charge in [0.05, 0.1) is 5.34 Å². The van der Waals surface area contributed by atoms with Crippen molar-refractivity contribution >= 4 is 30.3 Å². The molecule has 0 saturated heterocycles. The molecule has 9 heavy (non-hydrogen) atoms. The fourth-order valence-corrected chi connectivity index (χ4v) is 0.394. The molecule has 0 amide bonds. The van der Waals surface area contributed by atoms with Crippen LogP contribution in [-0.2, 0) is 0 Å². The van der Waals surface area contributed by atoms with Crippen LogP contribution in [-0.4, -0.2) is 22.5 Å². The number of hydrogen-bond donors (Lipinski definition) is 2. The lowest BCUT2D eigenvalue weighted by Gasteiger charge is -1.84. The molecule has 0 heterocycles. The van der Waals surface area contributed by atoms with Crippen molar-refractivity contribution in [2.24, 2.45) is 0 Å². The Hall–Kier alpha value is 0.565. The van der Waals surface area contributed by atoms with Crippen LogP contribution in [0.15, 0.2) is 0 Å². The summed E-state index contributed by atoms with van der Waals surface area (Å²) in [6.45, 7) is 0. The van der Waals surface area contributed by atoms with Crippen molar-refractivity contribution in [2.75, 3.05) is 5.34 Å².